The summed E-state index contributed by atoms with van der Waals surface area (Å²) in [5.74, 6) is 0.593. The van der Waals surface area contributed by atoms with E-state index in [9.17, 15) is 10.4 Å². The van der Waals surface area contributed by atoms with Crippen LogP contribution in [0.15, 0.2) is 79.3 Å². The Hall–Kier alpha value is -4.19. The lowest BCUT2D eigenvalue weighted by atomic mass is 9.70. The molecular weight excluding hydrogens is 478 g/mol. The largest absolute Gasteiger partial charge is 0.495 e. The number of methoxy groups -OCH3 is 1. The fraction of sp³-hybridized carbons (Fsp3) is 0.300. The fourth-order valence-corrected chi connectivity index (χ4v) is 6.44. The molecule has 0 bridgehead atoms. The van der Waals surface area contributed by atoms with Gasteiger partial charge in [0.2, 0.25) is 0 Å². The van der Waals surface area contributed by atoms with E-state index in [0.29, 0.717) is 42.1 Å². The van der Waals surface area contributed by atoms with Gasteiger partial charge in [-0.3, -0.25) is 9.67 Å². The van der Waals surface area contributed by atoms with Crippen molar-refractivity contribution in [3.8, 4) is 17.6 Å². The van der Waals surface area contributed by atoms with Gasteiger partial charge in [-0.1, -0.05) is 42.5 Å². The maximum atomic E-state index is 13.1. The molecule has 2 aromatic carbocycles. The Balaban J connectivity index is 1.52. The van der Waals surface area contributed by atoms with Gasteiger partial charge in [0, 0.05) is 38.2 Å². The molecule has 2 N–H and O–H groups in total. The number of hydrogen-bond acceptors (Lipinski definition) is 7. The van der Waals surface area contributed by atoms with Crippen LogP contribution in [0.25, 0.3) is 0 Å². The molecule has 8 heteroatoms. The van der Waals surface area contributed by atoms with Crippen molar-refractivity contribution in [2.45, 2.75) is 30.1 Å². The molecule has 6 rings (SSSR count). The zero-order valence-electron chi connectivity index (χ0n) is 21.3. The molecule has 1 aliphatic heterocycles. The highest BCUT2D eigenvalue weighted by Crippen LogP contribution is 2.69. The Labute approximate surface area is 221 Å². The molecule has 4 unspecified atom stereocenters. The summed E-state index contributed by atoms with van der Waals surface area (Å²) < 4.78 is 14.5. The highest BCUT2D eigenvalue weighted by molar-refractivity contribution is 5.58. The molecule has 0 saturated heterocycles. The predicted molar refractivity (Wildman–Crippen MR) is 140 cm³/mol. The van der Waals surface area contributed by atoms with Crippen LogP contribution in [0.5, 0.6) is 11.5 Å². The number of aryl methyl sites for hydroxylation is 1. The second-order valence-corrected chi connectivity index (χ2v) is 9.98. The second kappa shape index (κ2) is 9.28. The van der Waals surface area contributed by atoms with Gasteiger partial charge in [0.1, 0.15) is 17.1 Å². The molecule has 1 aliphatic carbocycles. The fourth-order valence-electron chi connectivity index (χ4n) is 6.44. The summed E-state index contributed by atoms with van der Waals surface area (Å²) >= 11 is 0. The van der Waals surface area contributed by atoms with Crippen LogP contribution in [0, 0.1) is 17.2 Å². The van der Waals surface area contributed by atoms with Crippen molar-refractivity contribution in [2.75, 3.05) is 13.7 Å². The third-order valence-electron chi connectivity index (χ3n) is 8.18. The number of rotatable bonds is 7. The maximum absolute atomic E-state index is 13.1. The van der Waals surface area contributed by atoms with Crippen molar-refractivity contribution in [1.82, 2.24) is 20.1 Å². The van der Waals surface area contributed by atoms with E-state index in [4.69, 9.17) is 9.47 Å². The van der Waals surface area contributed by atoms with Crippen molar-refractivity contribution in [3.63, 3.8) is 0 Å². The number of hydrogen-bond donors (Lipinski definition) is 2. The Kier molecular flexibility index (Phi) is 5.90. The van der Waals surface area contributed by atoms with Crippen LogP contribution in [0.2, 0.25) is 0 Å². The molecule has 8 nitrogen and oxygen atoms in total. The van der Waals surface area contributed by atoms with Crippen LogP contribution < -0.4 is 14.8 Å². The van der Waals surface area contributed by atoms with Crippen molar-refractivity contribution in [1.29, 1.82) is 5.26 Å². The number of ether oxygens (including phenoxy) is 2. The monoisotopic (exact) mass is 507 g/mol. The number of benzene rings is 2. The normalized spacial score (nSPS) is 25.3. The van der Waals surface area contributed by atoms with Crippen molar-refractivity contribution >= 4 is 0 Å². The van der Waals surface area contributed by atoms with Crippen LogP contribution >= 0.6 is 0 Å². The van der Waals surface area contributed by atoms with Gasteiger partial charge in [0.25, 0.3) is 0 Å². The van der Waals surface area contributed by atoms with Gasteiger partial charge < -0.3 is 19.9 Å². The molecule has 4 aromatic rings. The third-order valence-corrected chi connectivity index (χ3v) is 8.18. The Morgan fingerprint density at radius 2 is 1.95 bits per heavy atom. The molecule has 1 fully saturated rings. The topological polar surface area (TPSA) is 105 Å². The van der Waals surface area contributed by atoms with E-state index >= 15 is 0 Å². The summed E-state index contributed by atoms with van der Waals surface area (Å²) in [7, 11) is 3.50. The Morgan fingerprint density at radius 1 is 1.16 bits per heavy atom. The molecular formula is C30H29N5O3. The minimum Gasteiger partial charge on any atom is -0.495 e. The lowest BCUT2D eigenvalue weighted by Crippen LogP contribution is -2.52. The standard InChI is InChI=1S/C30H29N5O3/c1-35-24(12-13-34-35)17-32-16-23-14-25(21-6-4-3-5-7-21)30(22-10-8-20(15-31)9-11-22)29(23,36)28-26(37-2)18-33-19-27(28)38-30/h3-13,18-19,23,25,32,36H,14,16-17H2,1-2H3. The molecule has 0 spiro atoms. The number of pyridine rings is 1. The molecule has 4 atom stereocenters. The van der Waals surface area contributed by atoms with Gasteiger partial charge in [-0.15, -0.1) is 0 Å². The molecule has 192 valence electrons. The summed E-state index contributed by atoms with van der Waals surface area (Å²) in [4.78, 5) is 4.34. The highest BCUT2D eigenvalue weighted by atomic mass is 16.5. The number of nitrogens with one attached hydrogen (secondary N) is 1. The molecule has 0 amide bonds. The van der Waals surface area contributed by atoms with E-state index in [1.807, 2.05) is 48.1 Å². The lowest BCUT2D eigenvalue weighted by molar-refractivity contribution is -0.127. The van der Waals surface area contributed by atoms with E-state index in [1.165, 1.54) is 0 Å². The number of fused-ring (bicyclic) bond motifs is 3. The van der Waals surface area contributed by atoms with Crippen molar-refractivity contribution in [3.05, 3.63) is 107 Å². The Bertz CT molecular complexity index is 1500. The van der Waals surface area contributed by atoms with Crippen LogP contribution in [0.3, 0.4) is 0 Å². The van der Waals surface area contributed by atoms with Crippen molar-refractivity contribution in [2.24, 2.45) is 13.0 Å². The van der Waals surface area contributed by atoms with E-state index in [1.54, 1.807) is 37.8 Å². The highest BCUT2D eigenvalue weighted by Gasteiger charge is 2.73. The van der Waals surface area contributed by atoms with Gasteiger partial charge in [0.15, 0.2) is 5.60 Å². The first-order chi connectivity index (χ1) is 18.5. The number of nitriles is 1. The third kappa shape index (κ3) is 3.43. The molecule has 2 aromatic heterocycles. The van der Waals surface area contributed by atoms with E-state index < -0.39 is 11.2 Å². The molecule has 0 radical (unpaired) electrons. The summed E-state index contributed by atoms with van der Waals surface area (Å²) in [5, 5.41) is 30.3. The smallest absolute Gasteiger partial charge is 0.174 e. The lowest BCUT2D eigenvalue weighted by Gasteiger charge is -2.42. The van der Waals surface area contributed by atoms with Crippen LogP contribution in [-0.2, 0) is 24.8 Å². The number of aliphatic hydroxyl groups is 1. The van der Waals surface area contributed by atoms with Gasteiger partial charge >= 0.3 is 0 Å². The summed E-state index contributed by atoms with van der Waals surface area (Å²) in [6.45, 7) is 1.15. The van der Waals surface area contributed by atoms with Crippen LogP contribution in [0.4, 0.5) is 0 Å². The van der Waals surface area contributed by atoms with E-state index in [-0.39, 0.29) is 11.8 Å². The van der Waals surface area contributed by atoms with Crippen LogP contribution in [0.1, 0.15) is 40.3 Å². The van der Waals surface area contributed by atoms with Crippen LogP contribution in [-0.4, -0.2) is 33.5 Å². The predicted octanol–water partition coefficient (Wildman–Crippen LogP) is 3.76. The van der Waals surface area contributed by atoms with E-state index in [0.717, 1.165) is 16.8 Å². The number of aromatic nitrogens is 3. The maximum Gasteiger partial charge on any atom is 0.174 e. The minimum absolute atomic E-state index is 0.178. The van der Waals surface area contributed by atoms with E-state index in [2.05, 4.69) is 33.6 Å². The first-order valence-corrected chi connectivity index (χ1v) is 12.7. The van der Waals surface area contributed by atoms with Gasteiger partial charge in [-0.2, -0.15) is 10.4 Å². The van der Waals surface area contributed by atoms with Gasteiger partial charge in [-0.25, -0.2) is 0 Å². The molecule has 2 aliphatic rings. The Morgan fingerprint density at radius 3 is 2.63 bits per heavy atom. The first kappa shape index (κ1) is 24.2. The van der Waals surface area contributed by atoms with Gasteiger partial charge in [0.05, 0.1) is 42.4 Å². The zero-order chi connectivity index (χ0) is 26.3. The summed E-state index contributed by atoms with van der Waals surface area (Å²) in [5.41, 5.74) is 1.50. The molecule has 1 saturated carbocycles. The second-order valence-electron chi connectivity index (χ2n) is 9.98. The zero-order valence-corrected chi connectivity index (χ0v) is 21.3. The van der Waals surface area contributed by atoms with Gasteiger partial charge in [-0.05, 0) is 35.7 Å². The first-order valence-electron chi connectivity index (χ1n) is 12.7. The van der Waals surface area contributed by atoms with Crippen molar-refractivity contribution < 1.29 is 14.6 Å². The average Bonchev–Trinajstić information content (AvgIpc) is 3.57. The quantitative estimate of drug-likeness (QED) is 0.392. The average molecular weight is 508 g/mol. The SMILES string of the molecule is COc1cncc2c1C1(O)C(CNCc3ccnn3C)CC(c3ccccc3)C1(c1ccc(C#N)cc1)O2. The number of nitrogens with zero attached hydrogens (tertiary/aromatic N) is 4. The summed E-state index contributed by atoms with van der Waals surface area (Å²) in [6.07, 6.45) is 5.73. The summed E-state index contributed by atoms with van der Waals surface area (Å²) in [6, 6.07) is 21.7. The molecule has 38 heavy (non-hydrogen) atoms. The molecule has 3 heterocycles. The minimum atomic E-state index is -1.44.